The standard InChI is InChI=1S/C22H31F3N4O2/c1-26-20(29-8-6-21(15-29)7-11-31-16-21)27-14-19(28-9-12-30-13-10-28)17-2-4-18(5-3-17)22(23,24)25/h2-5,19H,6-16H2,1H3,(H,26,27). The topological polar surface area (TPSA) is 49.3 Å². The van der Waals surface area contributed by atoms with E-state index in [-0.39, 0.29) is 11.5 Å². The Morgan fingerprint density at radius 2 is 1.84 bits per heavy atom. The quantitative estimate of drug-likeness (QED) is 0.577. The van der Waals surface area contributed by atoms with Crippen molar-refractivity contribution in [3.05, 3.63) is 35.4 Å². The van der Waals surface area contributed by atoms with Gasteiger partial charge in [-0.1, -0.05) is 12.1 Å². The zero-order chi connectivity index (χ0) is 21.9. The summed E-state index contributed by atoms with van der Waals surface area (Å²) >= 11 is 0. The first kappa shape index (κ1) is 22.4. The minimum Gasteiger partial charge on any atom is -0.381 e. The van der Waals surface area contributed by atoms with Crippen LogP contribution in [-0.2, 0) is 15.7 Å². The molecule has 3 aliphatic rings. The molecular formula is C22H31F3N4O2. The highest BCUT2D eigenvalue weighted by Gasteiger charge is 2.42. The van der Waals surface area contributed by atoms with Crippen molar-refractivity contribution >= 4 is 5.96 Å². The van der Waals surface area contributed by atoms with Crippen LogP contribution in [0.4, 0.5) is 13.2 Å². The fourth-order valence-corrected chi connectivity index (χ4v) is 4.85. The summed E-state index contributed by atoms with van der Waals surface area (Å²) in [6.45, 7) is 6.81. The van der Waals surface area contributed by atoms with Gasteiger partial charge in [-0.05, 0) is 30.5 Å². The van der Waals surface area contributed by atoms with Crippen molar-refractivity contribution in [3.63, 3.8) is 0 Å². The third-order valence-corrected chi connectivity index (χ3v) is 6.70. The number of alkyl halides is 3. The van der Waals surface area contributed by atoms with E-state index < -0.39 is 11.7 Å². The second-order valence-corrected chi connectivity index (χ2v) is 8.69. The highest BCUT2D eigenvalue weighted by atomic mass is 19.4. The second-order valence-electron chi connectivity index (χ2n) is 8.69. The highest BCUT2D eigenvalue weighted by molar-refractivity contribution is 5.80. The lowest BCUT2D eigenvalue weighted by Crippen LogP contribution is -2.47. The molecule has 0 saturated carbocycles. The van der Waals surface area contributed by atoms with E-state index in [9.17, 15) is 13.2 Å². The highest BCUT2D eigenvalue weighted by Crippen LogP contribution is 2.38. The molecule has 3 fully saturated rings. The molecule has 3 aliphatic heterocycles. The molecule has 2 unspecified atom stereocenters. The van der Waals surface area contributed by atoms with Gasteiger partial charge in [0.2, 0.25) is 0 Å². The molecule has 0 aromatic heterocycles. The summed E-state index contributed by atoms with van der Waals surface area (Å²) in [7, 11) is 1.78. The molecule has 1 N–H and O–H groups in total. The number of likely N-dealkylation sites (tertiary alicyclic amines) is 1. The van der Waals surface area contributed by atoms with Crippen molar-refractivity contribution in [1.82, 2.24) is 15.1 Å². The molecule has 3 heterocycles. The number of rotatable bonds is 4. The van der Waals surface area contributed by atoms with Crippen molar-refractivity contribution < 1.29 is 22.6 Å². The molecule has 0 aliphatic carbocycles. The Morgan fingerprint density at radius 1 is 1.10 bits per heavy atom. The SMILES string of the molecule is CN=C(NCC(c1ccc(C(F)(F)F)cc1)N1CCOCC1)N1CCC2(CCOC2)C1. The maximum absolute atomic E-state index is 13.0. The fourth-order valence-electron chi connectivity index (χ4n) is 4.85. The normalized spacial score (nSPS) is 26.6. The molecule has 1 aromatic carbocycles. The molecule has 1 spiro atoms. The van der Waals surface area contributed by atoms with Crippen LogP contribution in [-0.4, -0.2) is 82.0 Å². The van der Waals surface area contributed by atoms with E-state index in [0.717, 1.165) is 63.8 Å². The minimum absolute atomic E-state index is 0.0608. The maximum Gasteiger partial charge on any atom is 0.416 e. The summed E-state index contributed by atoms with van der Waals surface area (Å²) in [5.41, 5.74) is 0.469. The number of benzene rings is 1. The van der Waals surface area contributed by atoms with Crippen LogP contribution in [0.2, 0.25) is 0 Å². The predicted molar refractivity (Wildman–Crippen MR) is 112 cm³/mol. The van der Waals surface area contributed by atoms with Gasteiger partial charge in [-0.2, -0.15) is 13.2 Å². The Kier molecular flexibility index (Phi) is 6.74. The Labute approximate surface area is 181 Å². The maximum atomic E-state index is 13.0. The number of nitrogens with one attached hydrogen (secondary N) is 1. The molecule has 3 saturated heterocycles. The van der Waals surface area contributed by atoms with Crippen LogP contribution in [0.3, 0.4) is 0 Å². The Bertz CT molecular complexity index is 757. The van der Waals surface area contributed by atoms with Gasteiger partial charge in [0.05, 0.1) is 31.4 Å². The molecule has 4 rings (SSSR count). The van der Waals surface area contributed by atoms with Crippen LogP contribution in [0.25, 0.3) is 0 Å². The van der Waals surface area contributed by atoms with Crippen LogP contribution in [0.15, 0.2) is 29.3 Å². The number of hydrogen-bond acceptors (Lipinski definition) is 4. The first-order valence-corrected chi connectivity index (χ1v) is 10.9. The first-order chi connectivity index (χ1) is 14.9. The monoisotopic (exact) mass is 440 g/mol. The zero-order valence-electron chi connectivity index (χ0n) is 18.0. The molecule has 1 aromatic rings. The molecular weight excluding hydrogens is 409 g/mol. The van der Waals surface area contributed by atoms with Crippen LogP contribution in [0, 0.1) is 5.41 Å². The number of ether oxygens (including phenoxy) is 2. The van der Waals surface area contributed by atoms with Gasteiger partial charge in [-0.25, -0.2) is 0 Å². The third-order valence-electron chi connectivity index (χ3n) is 6.70. The number of guanidine groups is 1. The van der Waals surface area contributed by atoms with Gasteiger partial charge < -0.3 is 19.7 Å². The van der Waals surface area contributed by atoms with Crippen LogP contribution in [0.1, 0.15) is 30.0 Å². The minimum atomic E-state index is -4.33. The van der Waals surface area contributed by atoms with E-state index in [1.165, 1.54) is 12.1 Å². The van der Waals surface area contributed by atoms with Crippen molar-refractivity contribution in [3.8, 4) is 0 Å². The van der Waals surface area contributed by atoms with Gasteiger partial charge in [0, 0.05) is 51.8 Å². The van der Waals surface area contributed by atoms with E-state index in [2.05, 4.69) is 20.1 Å². The van der Waals surface area contributed by atoms with Crippen molar-refractivity contribution in [2.45, 2.75) is 25.1 Å². The summed E-state index contributed by atoms with van der Waals surface area (Å²) in [4.78, 5) is 9.02. The summed E-state index contributed by atoms with van der Waals surface area (Å²) in [6.07, 6.45) is -2.15. The first-order valence-electron chi connectivity index (χ1n) is 10.9. The largest absolute Gasteiger partial charge is 0.416 e. The summed E-state index contributed by atoms with van der Waals surface area (Å²) in [5, 5.41) is 3.49. The number of halogens is 3. The van der Waals surface area contributed by atoms with Crippen molar-refractivity contribution in [1.29, 1.82) is 0 Å². The molecule has 0 amide bonds. The molecule has 2 atom stereocenters. The lowest BCUT2D eigenvalue weighted by Gasteiger charge is -2.36. The van der Waals surface area contributed by atoms with Gasteiger partial charge in [-0.15, -0.1) is 0 Å². The molecule has 9 heteroatoms. The van der Waals surface area contributed by atoms with Crippen molar-refractivity contribution in [2.24, 2.45) is 10.4 Å². The van der Waals surface area contributed by atoms with Gasteiger partial charge in [0.1, 0.15) is 0 Å². The smallest absolute Gasteiger partial charge is 0.381 e. The average Bonchev–Trinajstić information content (AvgIpc) is 3.41. The molecule has 172 valence electrons. The van der Waals surface area contributed by atoms with Gasteiger partial charge in [-0.3, -0.25) is 9.89 Å². The zero-order valence-corrected chi connectivity index (χ0v) is 18.0. The second kappa shape index (κ2) is 9.34. The Morgan fingerprint density at radius 3 is 2.45 bits per heavy atom. The number of hydrogen-bond donors (Lipinski definition) is 1. The Balaban J connectivity index is 1.45. The molecule has 0 radical (unpaired) electrons. The number of nitrogens with zero attached hydrogens (tertiary/aromatic N) is 3. The van der Waals surface area contributed by atoms with E-state index in [1.807, 2.05) is 0 Å². The lowest BCUT2D eigenvalue weighted by atomic mass is 9.87. The number of aliphatic imine (C=N–C) groups is 1. The van der Waals surface area contributed by atoms with E-state index in [4.69, 9.17) is 9.47 Å². The lowest BCUT2D eigenvalue weighted by molar-refractivity contribution is -0.137. The summed E-state index contributed by atoms with van der Waals surface area (Å²) in [6, 6.07) is 5.46. The van der Waals surface area contributed by atoms with Gasteiger partial charge in [0.25, 0.3) is 0 Å². The Hall–Kier alpha value is -1.84. The summed E-state index contributed by atoms with van der Waals surface area (Å²) in [5.74, 6) is 0.842. The van der Waals surface area contributed by atoms with Crippen LogP contribution < -0.4 is 5.32 Å². The van der Waals surface area contributed by atoms with E-state index in [1.54, 1.807) is 19.2 Å². The van der Waals surface area contributed by atoms with Crippen molar-refractivity contribution in [2.75, 3.05) is 66.2 Å². The molecule has 6 nitrogen and oxygen atoms in total. The van der Waals surface area contributed by atoms with E-state index in [0.29, 0.717) is 19.8 Å². The third kappa shape index (κ3) is 5.15. The van der Waals surface area contributed by atoms with Crippen LogP contribution >= 0.6 is 0 Å². The average molecular weight is 441 g/mol. The molecule has 0 bridgehead atoms. The molecule has 31 heavy (non-hydrogen) atoms. The van der Waals surface area contributed by atoms with Gasteiger partial charge >= 0.3 is 6.18 Å². The predicted octanol–water partition coefficient (Wildman–Crippen LogP) is 2.77. The van der Waals surface area contributed by atoms with Crippen LogP contribution in [0.5, 0.6) is 0 Å². The van der Waals surface area contributed by atoms with E-state index >= 15 is 0 Å². The fraction of sp³-hybridized carbons (Fsp3) is 0.682. The summed E-state index contributed by atoms with van der Waals surface area (Å²) < 4.78 is 50.1. The van der Waals surface area contributed by atoms with Gasteiger partial charge in [0.15, 0.2) is 5.96 Å². The number of morpholine rings is 1.